The first kappa shape index (κ1) is 16.2. The highest BCUT2D eigenvalue weighted by Crippen LogP contribution is 2.21. The van der Waals surface area contributed by atoms with Crippen molar-refractivity contribution in [2.45, 2.75) is 56.6 Å². The minimum absolute atomic E-state index is 0.244. The van der Waals surface area contributed by atoms with Crippen LogP contribution in [0.25, 0.3) is 0 Å². The van der Waals surface area contributed by atoms with Gasteiger partial charge < -0.3 is 9.47 Å². The summed E-state index contributed by atoms with van der Waals surface area (Å²) in [5, 5.41) is 12.9. The fourth-order valence-electron chi connectivity index (χ4n) is 2.88. The van der Waals surface area contributed by atoms with Crippen LogP contribution in [0, 0.1) is 0 Å². The van der Waals surface area contributed by atoms with Crippen molar-refractivity contribution in [2.24, 2.45) is 0 Å². The quantitative estimate of drug-likeness (QED) is 0.724. The van der Waals surface area contributed by atoms with E-state index in [2.05, 4.69) is 34.3 Å². The molecule has 7 nitrogen and oxygen atoms in total. The molecule has 22 heavy (non-hydrogen) atoms. The minimum atomic E-state index is 0.244. The zero-order valence-electron chi connectivity index (χ0n) is 13.3. The molecule has 0 bridgehead atoms. The van der Waals surface area contributed by atoms with Gasteiger partial charge in [-0.05, 0) is 37.1 Å². The van der Waals surface area contributed by atoms with E-state index in [9.17, 15) is 0 Å². The molecule has 0 amide bonds. The smallest absolute Gasteiger partial charge is 0.209 e. The maximum atomic E-state index is 5.86. The minimum Gasteiger partial charge on any atom is -0.376 e. The van der Waals surface area contributed by atoms with Crippen molar-refractivity contribution < 1.29 is 9.47 Å². The van der Waals surface area contributed by atoms with E-state index in [0.717, 1.165) is 56.6 Å². The summed E-state index contributed by atoms with van der Waals surface area (Å²) in [4.78, 5) is 2.46. The van der Waals surface area contributed by atoms with Crippen molar-refractivity contribution in [1.82, 2.24) is 25.1 Å². The van der Waals surface area contributed by atoms with Crippen molar-refractivity contribution in [3.05, 3.63) is 0 Å². The molecule has 0 aliphatic carbocycles. The molecule has 1 aromatic heterocycles. The molecule has 2 aliphatic heterocycles. The van der Waals surface area contributed by atoms with Gasteiger partial charge in [-0.15, -0.1) is 5.10 Å². The van der Waals surface area contributed by atoms with Crippen LogP contribution in [-0.2, 0) is 16.0 Å². The molecule has 2 atom stereocenters. The van der Waals surface area contributed by atoms with Crippen LogP contribution in [0.4, 0.5) is 0 Å². The molecule has 124 valence electrons. The molecule has 0 aromatic carbocycles. The average Bonchev–Trinajstić information content (AvgIpc) is 3.18. The Morgan fingerprint density at radius 1 is 1.27 bits per heavy atom. The van der Waals surface area contributed by atoms with Crippen molar-refractivity contribution >= 4 is 11.8 Å². The number of aromatic nitrogens is 4. The summed E-state index contributed by atoms with van der Waals surface area (Å²) in [5.41, 5.74) is 0. The maximum absolute atomic E-state index is 5.86. The van der Waals surface area contributed by atoms with E-state index in [4.69, 9.17) is 9.47 Å². The highest BCUT2D eigenvalue weighted by molar-refractivity contribution is 7.99. The standard InChI is InChI=1S/C14H25N5O2S/c1-11(2)18-5-7-21-13(8-18)10-22-14-15-16-17-19(14)9-12-4-3-6-20-12/h11-13H,3-10H2,1-2H3. The number of nitrogens with zero attached hydrogens (tertiary/aromatic N) is 5. The van der Waals surface area contributed by atoms with E-state index in [0.29, 0.717) is 6.04 Å². The molecular weight excluding hydrogens is 302 g/mol. The molecule has 8 heteroatoms. The van der Waals surface area contributed by atoms with E-state index in [1.165, 1.54) is 0 Å². The molecule has 0 N–H and O–H groups in total. The van der Waals surface area contributed by atoms with Gasteiger partial charge in [0.15, 0.2) is 0 Å². The zero-order chi connectivity index (χ0) is 15.4. The summed E-state index contributed by atoms with van der Waals surface area (Å²) < 4.78 is 13.4. The number of hydrogen-bond acceptors (Lipinski definition) is 7. The number of hydrogen-bond donors (Lipinski definition) is 0. The second-order valence-electron chi connectivity index (χ2n) is 6.17. The molecule has 2 aliphatic rings. The molecule has 1 aromatic rings. The normalized spacial score (nSPS) is 26.9. The van der Waals surface area contributed by atoms with E-state index in [1.54, 1.807) is 11.8 Å². The topological polar surface area (TPSA) is 65.3 Å². The lowest BCUT2D eigenvalue weighted by Gasteiger charge is -2.35. The summed E-state index contributed by atoms with van der Waals surface area (Å²) in [6.45, 7) is 8.89. The fourth-order valence-corrected chi connectivity index (χ4v) is 3.77. The number of ether oxygens (including phenoxy) is 2. The second kappa shape index (κ2) is 7.72. The van der Waals surface area contributed by atoms with Gasteiger partial charge in [-0.25, -0.2) is 4.68 Å². The van der Waals surface area contributed by atoms with Crippen LogP contribution in [0.15, 0.2) is 5.16 Å². The number of tetrazole rings is 1. The van der Waals surface area contributed by atoms with E-state index in [1.807, 2.05) is 4.68 Å². The Morgan fingerprint density at radius 2 is 2.14 bits per heavy atom. The summed E-state index contributed by atoms with van der Waals surface area (Å²) in [7, 11) is 0. The predicted molar refractivity (Wildman–Crippen MR) is 84.0 cm³/mol. The molecule has 2 saturated heterocycles. The summed E-state index contributed by atoms with van der Waals surface area (Å²) in [6.07, 6.45) is 2.73. The Morgan fingerprint density at radius 3 is 2.91 bits per heavy atom. The first-order valence-corrected chi connectivity index (χ1v) is 9.07. The van der Waals surface area contributed by atoms with Crippen LogP contribution < -0.4 is 0 Å². The Kier molecular flexibility index (Phi) is 5.67. The van der Waals surface area contributed by atoms with Crippen molar-refractivity contribution in [2.75, 3.05) is 32.1 Å². The highest BCUT2D eigenvalue weighted by Gasteiger charge is 2.24. The number of rotatable bonds is 6. The molecular formula is C14H25N5O2S. The summed E-state index contributed by atoms with van der Waals surface area (Å²) >= 11 is 1.68. The Labute approximate surface area is 135 Å². The molecule has 2 unspecified atom stereocenters. The number of thioether (sulfide) groups is 1. The Hall–Kier alpha value is -0.700. The highest BCUT2D eigenvalue weighted by atomic mass is 32.2. The van der Waals surface area contributed by atoms with Crippen molar-refractivity contribution in [3.8, 4) is 0 Å². The summed E-state index contributed by atoms with van der Waals surface area (Å²) in [6, 6.07) is 0.571. The maximum Gasteiger partial charge on any atom is 0.209 e. The van der Waals surface area contributed by atoms with Crippen molar-refractivity contribution in [1.29, 1.82) is 0 Å². The first-order valence-electron chi connectivity index (χ1n) is 8.08. The molecule has 3 rings (SSSR count). The third-order valence-corrected chi connectivity index (χ3v) is 5.29. The van der Waals surface area contributed by atoms with E-state index >= 15 is 0 Å². The lowest BCUT2D eigenvalue weighted by molar-refractivity contribution is -0.0265. The lowest BCUT2D eigenvalue weighted by atomic mass is 10.2. The lowest BCUT2D eigenvalue weighted by Crippen LogP contribution is -2.46. The first-order chi connectivity index (χ1) is 10.7. The predicted octanol–water partition coefficient (Wildman–Crippen LogP) is 1.05. The molecule has 0 saturated carbocycles. The van der Waals surface area contributed by atoms with Gasteiger partial charge in [-0.2, -0.15) is 0 Å². The van der Waals surface area contributed by atoms with Crippen LogP contribution in [0.5, 0.6) is 0 Å². The molecule has 3 heterocycles. The molecule has 0 spiro atoms. The van der Waals surface area contributed by atoms with Gasteiger partial charge in [0.25, 0.3) is 0 Å². The van der Waals surface area contributed by atoms with Gasteiger partial charge in [-0.3, -0.25) is 4.90 Å². The van der Waals surface area contributed by atoms with Crippen LogP contribution in [-0.4, -0.2) is 75.4 Å². The third-order valence-electron chi connectivity index (χ3n) is 4.20. The van der Waals surface area contributed by atoms with Crippen LogP contribution in [0.1, 0.15) is 26.7 Å². The molecule has 2 fully saturated rings. The third kappa shape index (κ3) is 4.18. The van der Waals surface area contributed by atoms with Gasteiger partial charge in [0.2, 0.25) is 5.16 Å². The average molecular weight is 327 g/mol. The van der Waals surface area contributed by atoms with Crippen LogP contribution in [0.2, 0.25) is 0 Å². The monoisotopic (exact) mass is 327 g/mol. The van der Waals surface area contributed by atoms with E-state index in [-0.39, 0.29) is 12.2 Å². The van der Waals surface area contributed by atoms with Gasteiger partial charge in [0, 0.05) is 31.5 Å². The second-order valence-corrected chi connectivity index (χ2v) is 7.16. The fraction of sp³-hybridized carbons (Fsp3) is 0.929. The van der Waals surface area contributed by atoms with Crippen molar-refractivity contribution in [3.63, 3.8) is 0 Å². The Bertz CT molecular complexity index is 464. The molecule has 0 radical (unpaired) electrons. The summed E-state index contributed by atoms with van der Waals surface area (Å²) in [5.74, 6) is 0.884. The van der Waals surface area contributed by atoms with Gasteiger partial charge >= 0.3 is 0 Å². The van der Waals surface area contributed by atoms with Crippen LogP contribution in [0.3, 0.4) is 0 Å². The van der Waals surface area contributed by atoms with Gasteiger partial charge in [0.1, 0.15) is 0 Å². The largest absolute Gasteiger partial charge is 0.376 e. The van der Waals surface area contributed by atoms with Gasteiger partial charge in [0.05, 0.1) is 25.4 Å². The van der Waals surface area contributed by atoms with Crippen LogP contribution >= 0.6 is 11.8 Å². The SMILES string of the molecule is CC(C)N1CCOC(CSc2nnnn2CC2CCCO2)C1. The zero-order valence-corrected chi connectivity index (χ0v) is 14.2. The Balaban J connectivity index is 1.50. The van der Waals surface area contributed by atoms with Gasteiger partial charge in [-0.1, -0.05) is 11.8 Å². The number of morpholine rings is 1. The van der Waals surface area contributed by atoms with E-state index < -0.39 is 0 Å².